The van der Waals surface area contributed by atoms with Gasteiger partial charge in [0, 0.05) is 28.8 Å². The van der Waals surface area contributed by atoms with E-state index < -0.39 is 0 Å². The van der Waals surface area contributed by atoms with E-state index in [9.17, 15) is 4.79 Å². The summed E-state index contributed by atoms with van der Waals surface area (Å²) in [5, 5.41) is 6.28. The van der Waals surface area contributed by atoms with Crippen LogP contribution < -0.4 is 10.6 Å². The van der Waals surface area contributed by atoms with E-state index in [1.807, 2.05) is 18.2 Å². The predicted molar refractivity (Wildman–Crippen MR) is 85.4 cm³/mol. The van der Waals surface area contributed by atoms with Crippen molar-refractivity contribution >= 4 is 27.5 Å². The minimum atomic E-state index is -0.224. The summed E-state index contributed by atoms with van der Waals surface area (Å²) in [5.41, 5.74) is 1.94. The summed E-state index contributed by atoms with van der Waals surface area (Å²) in [6, 6.07) is 5.69. The van der Waals surface area contributed by atoms with E-state index >= 15 is 0 Å². The molecule has 1 unspecified atom stereocenters. The molecule has 2 N–H and O–H groups in total. The number of morpholine rings is 1. The number of benzene rings is 1. The third-order valence-electron chi connectivity index (χ3n) is 3.95. The molecule has 1 aromatic carbocycles. The number of rotatable bonds is 5. The first-order valence-corrected chi connectivity index (χ1v) is 8.17. The number of ether oxygens (including phenoxy) is 1. The van der Waals surface area contributed by atoms with Crippen LogP contribution in [-0.4, -0.2) is 50.2 Å². The van der Waals surface area contributed by atoms with Crippen molar-refractivity contribution in [3.05, 3.63) is 28.2 Å². The normalized spacial score (nSPS) is 22.1. The molecule has 3 rings (SSSR count). The monoisotopic (exact) mass is 353 g/mol. The molecule has 0 aromatic heterocycles. The van der Waals surface area contributed by atoms with Gasteiger partial charge in [0.1, 0.15) is 6.04 Å². The van der Waals surface area contributed by atoms with Crippen molar-refractivity contribution in [3.63, 3.8) is 0 Å². The van der Waals surface area contributed by atoms with Crippen molar-refractivity contribution in [2.45, 2.75) is 12.5 Å². The number of nitrogens with zero attached hydrogens (tertiary/aromatic N) is 1. The molecule has 1 aromatic rings. The number of hydrogen-bond donors (Lipinski definition) is 2. The Morgan fingerprint density at radius 1 is 1.38 bits per heavy atom. The van der Waals surface area contributed by atoms with Crippen LogP contribution in [0.5, 0.6) is 0 Å². The van der Waals surface area contributed by atoms with E-state index in [0.29, 0.717) is 0 Å². The smallest absolute Gasteiger partial charge is 0.246 e. The average Bonchev–Trinajstić information content (AvgIpc) is 2.79. The van der Waals surface area contributed by atoms with Gasteiger partial charge in [-0.1, -0.05) is 22.0 Å². The summed E-state index contributed by atoms with van der Waals surface area (Å²) < 4.78 is 6.32. The topological polar surface area (TPSA) is 53.6 Å². The van der Waals surface area contributed by atoms with Gasteiger partial charge < -0.3 is 15.4 Å². The van der Waals surface area contributed by atoms with Crippen LogP contribution in [0.25, 0.3) is 0 Å². The van der Waals surface area contributed by atoms with E-state index in [-0.39, 0.29) is 11.9 Å². The van der Waals surface area contributed by atoms with Crippen molar-refractivity contribution in [2.24, 2.45) is 0 Å². The lowest BCUT2D eigenvalue weighted by Crippen LogP contribution is -2.38. The van der Waals surface area contributed by atoms with Gasteiger partial charge in [0.2, 0.25) is 5.91 Å². The highest BCUT2D eigenvalue weighted by Gasteiger charge is 2.29. The van der Waals surface area contributed by atoms with Crippen LogP contribution >= 0.6 is 15.9 Å². The molecule has 21 heavy (non-hydrogen) atoms. The quantitative estimate of drug-likeness (QED) is 0.792. The zero-order chi connectivity index (χ0) is 14.7. The summed E-state index contributed by atoms with van der Waals surface area (Å²) in [6.45, 7) is 5.59. The van der Waals surface area contributed by atoms with Crippen LogP contribution in [0.4, 0.5) is 5.69 Å². The van der Waals surface area contributed by atoms with Crippen molar-refractivity contribution in [2.75, 3.05) is 44.7 Å². The van der Waals surface area contributed by atoms with Crippen LogP contribution in [0.2, 0.25) is 0 Å². The summed E-state index contributed by atoms with van der Waals surface area (Å²) in [4.78, 5) is 14.4. The molecule has 2 aliphatic heterocycles. The van der Waals surface area contributed by atoms with Gasteiger partial charge in [-0.3, -0.25) is 9.69 Å². The lowest BCUT2D eigenvalue weighted by Gasteiger charge is -2.26. The van der Waals surface area contributed by atoms with Gasteiger partial charge in [-0.25, -0.2) is 0 Å². The minimum absolute atomic E-state index is 0.0365. The molecule has 0 aliphatic carbocycles. The second-order valence-corrected chi connectivity index (χ2v) is 6.33. The second-order valence-electron chi connectivity index (χ2n) is 5.42. The van der Waals surface area contributed by atoms with Crippen LogP contribution in [0.1, 0.15) is 18.0 Å². The van der Waals surface area contributed by atoms with E-state index in [1.165, 1.54) is 0 Å². The van der Waals surface area contributed by atoms with Gasteiger partial charge in [0.05, 0.1) is 13.2 Å². The van der Waals surface area contributed by atoms with Gasteiger partial charge in [0.25, 0.3) is 0 Å². The Kier molecular flexibility index (Phi) is 4.90. The highest BCUT2D eigenvalue weighted by Crippen LogP contribution is 2.32. The number of fused-ring (bicyclic) bond motifs is 1. The van der Waals surface area contributed by atoms with Gasteiger partial charge in [-0.05, 0) is 31.6 Å². The van der Waals surface area contributed by atoms with Gasteiger partial charge in [-0.15, -0.1) is 0 Å². The molecule has 6 heteroatoms. The molecule has 2 heterocycles. The highest BCUT2D eigenvalue weighted by atomic mass is 79.9. The Bertz CT molecular complexity index is 518. The molecule has 114 valence electrons. The Morgan fingerprint density at radius 3 is 3.00 bits per heavy atom. The SMILES string of the molecule is O=C1Nc2cc(Br)ccc2C1NCCCN1CCOCC1. The fourth-order valence-corrected chi connectivity index (χ4v) is 3.17. The van der Waals surface area contributed by atoms with Crippen LogP contribution in [0, 0.1) is 0 Å². The fourth-order valence-electron chi connectivity index (χ4n) is 2.81. The Balaban J connectivity index is 1.48. The molecule has 5 nitrogen and oxygen atoms in total. The van der Waals surface area contributed by atoms with Crippen molar-refractivity contribution in [1.29, 1.82) is 0 Å². The van der Waals surface area contributed by atoms with Crippen molar-refractivity contribution in [3.8, 4) is 0 Å². The number of anilines is 1. The Labute approximate surface area is 133 Å². The molecule has 1 atom stereocenters. The molecule has 1 saturated heterocycles. The first kappa shape index (κ1) is 15.0. The summed E-state index contributed by atoms with van der Waals surface area (Å²) in [5.74, 6) is 0.0365. The lowest BCUT2D eigenvalue weighted by atomic mass is 10.1. The largest absolute Gasteiger partial charge is 0.379 e. The maximum atomic E-state index is 12.0. The third-order valence-corrected chi connectivity index (χ3v) is 4.44. The molecule has 2 aliphatic rings. The first-order chi connectivity index (χ1) is 10.2. The number of halogens is 1. The standard InChI is InChI=1S/C15H20BrN3O2/c16-11-2-3-12-13(10-11)18-15(20)14(12)17-4-1-5-19-6-8-21-9-7-19/h2-3,10,14,17H,1,4-9H2,(H,18,20). The molecule has 0 radical (unpaired) electrons. The Morgan fingerprint density at radius 2 is 2.19 bits per heavy atom. The van der Waals surface area contributed by atoms with Crippen molar-refractivity contribution < 1.29 is 9.53 Å². The molecule has 0 spiro atoms. The average molecular weight is 354 g/mol. The van der Waals surface area contributed by atoms with Gasteiger partial charge >= 0.3 is 0 Å². The second kappa shape index (κ2) is 6.87. The molecule has 1 amide bonds. The molecular weight excluding hydrogens is 334 g/mol. The number of hydrogen-bond acceptors (Lipinski definition) is 4. The highest BCUT2D eigenvalue weighted by molar-refractivity contribution is 9.10. The van der Waals surface area contributed by atoms with Crippen LogP contribution in [-0.2, 0) is 9.53 Å². The molecule has 0 bridgehead atoms. The van der Waals surface area contributed by atoms with E-state index in [0.717, 1.165) is 61.5 Å². The lowest BCUT2D eigenvalue weighted by molar-refractivity contribution is -0.117. The maximum absolute atomic E-state index is 12.0. The maximum Gasteiger partial charge on any atom is 0.246 e. The molecule has 1 fully saturated rings. The number of carbonyl (C=O) groups is 1. The van der Waals surface area contributed by atoms with Crippen molar-refractivity contribution in [1.82, 2.24) is 10.2 Å². The van der Waals surface area contributed by atoms with E-state index in [4.69, 9.17) is 4.74 Å². The summed E-state index contributed by atoms with van der Waals surface area (Å²) in [7, 11) is 0. The van der Waals surface area contributed by atoms with E-state index in [2.05, 4.69) is 31.5 Å². The third kappa shape index (κ3) is 3.63. The van der Waals surface area contributed by atoms with Crippen LogP contribution in [0.3, 0.4) is 0 Å². The van der Waals surface area contributed by atoms with Crippen LogP contribution in [0.15, 0.2) is 22.7 Å². The zero-order valence-corrected chi connectivity index (χ0v) is 13.5. The van der Waals surface area contributed by atoms with Gasteiger partial charge in [0.15, 0.2) is 0 Å². The Hall–Kier alpha value is -0.950. The summed E-state index contributed by atoms with van der Waals surface area (Å²) in [6.07, 6.45) is 1.04. The predicted octanol–water partition coefficient (Wildman–Crippen LogP) is 1.75. The summed E-state index contributed by atoms with van der Waals surface area (Å²) >= 11 is 3.43. The number of carbonyl (C=O) groups excluding carboxylic acids is 1. The minimum Gasteiger partial charge on any atom is -0.379 e. The first-order valence-electron chi connectivity index (χ1n) is 7.38. The number of amides is 1. The van der Waals surface area contributed by atoms with Gasteiger partial charge in [-0.2, -0.15) is 0 Å². The molecule has 0 saturated carbocycles. The van der Waals surface area contributed by atoms with E-state index in [1.54, 1.807) is 0 Å². The molecular formula is C15H20BrN3O2. The number of nitrogens with one attached hydrogen (secondary N) is 2. The zero-order valence-electron chi connectivity index (χ0n) is 11.9. The fraction of sp³-hybridized carbons (Fsp3) is 0.533.